The van der Waals surface area contributed by atoms with Crippen LogP contribution in [0.1, 0.15) is 33.6 Å². The van der Waals surface area contributed by atoms with Gasteiger partial charge in [-0.05, 0) is 38.3 Å². The van der Waals surface area contributed by atoms with Crippen molar-refractivity contribution in [1.29, 1.82) is 0 Å². The van der Waals surface area contributed by atoms with E-state index in [9.17, 15) is 9.59 Å². The number of carbonyl (C=O) groups excluding carboxylic acids is 1. The number of benzene rings is 1. The second-order valence-corrected chi connectivity index (χ2v) is 5.59. The lowest BCUT2D eigenvalue weighted by Crippen LogP contribution is -2.38. The third kappa shape index (κ3) is 2.49. The van der Waals surface area contributed by atoms with Crippen molar-refractivity contribution in [1.82, 2.24) is 4.98 Å². The molecule has 2 aromatic rings. The molecule has 0 aliphatic carbocycles. The van der Waals surface area contributed by atoms with E-state index in [1.807, 2.05) is 19.1 Å². The lowest BCUT2D eigenvalue weighted by atomic mass is 9.99. The predicted molar refractivity (Wildman–Crippen MR) is 83.0 cm³/mol. The average molecular weight is 282 g/mol. The number of hydrogen-bond donors (Lipinski definition) is 1. The molecular formula is C17H18N2O2. The zero-order valence-electron chi connectivity index (χ0n) is 12.3. The van der Waals surface area contributed by atoms with Gasteiger partial charge in [0.25, 0.3) is 5.91 Å². The Morgan fingerprint density at radius 3 is 2.81 bits per heavy atom. The number of aromatic nitrogens is 1. The first kappa shape index (κ1) is 13.6. The molecule has 1 aliphatic rings. The quantitative estimate of drug-likeness (QED) is 0.874. The van der Waals surface area contributed by atoms with Crippen molar-refractivity contribution in [3.63, 3.8) is 0 Å². The molecule has 21 heavy (non-hydrogen) atoms. The van der Waals surface area contributed by atoms with Gasteiger partial charge in [0.05, 0.1) is 0 Å². The number of hydrogen-bond acceptors (Lipinski definition) is 2. The summed E-state index contributed by atoms with van der Waals surface area (Å²) in [6.45, 7) is 4.50. The van der Waals surface area contributed by atoms with E-state index in [2.05, 4.69) is 11.1 Å². The van der Waals surface area contributed by atoms with E-state index in [1.54, 1.807) is 11.8 Å². The van der Waals surface area contributed by atoms with E-state index in [0.717, 1.165) is 24.2 Å². The van der Waals surface area contributed by atoms with Crippen LogP contribution in [0.2, 0.25) is 0 Å². The highest BCUT2D eigenvalue weighted by Crippen LogP contribution is 2.28. The van der Waals surface area contributed by atoms with Gasteiger partial charge >= 0.3 is 0 Å². The van der Waals surface area contributed by atoms with Gasteiger partial charge in [0.15, 0.2) is 5.43 Å². The Balaban J connectivity index is 2.02. The van der Waals surface area contributed by atoms with Gasteiger partial charge in [0, 0.05) is 30.2 Å². The largest absolute Gasteiger partial charge is 0.364 e. The van der Waals surface area contributed by atoms with Crippen LogP contribution in [0.4, 0.5) is 5.69 Å². The van der Waals surface area contributed by atoms with Crippen LogP contribution >= 0.6 is 0 Å². The number of pyridine rings is 1. The molecule has 1 aromatic heterocycles. The van der Waals surface area contributed by atoms with E-state index in [-0.39, 0.29) is 16.9 Å². The molecule has 1 amide bonds. The second-order valence-electron chi connectivity index (χ2n) is 5.59. The molecule has 0 saturated carbocycles. The van der Waals surface area contributed by atoms with E-state index >= 15 is 0 Å². The molecule has 0 spiro atoms. The SMILES string of the molecule is Cc1ccc2c(c1)CCCN2C(=O)c1c[nH]c(C)cc1=O. The molecule has 0 fully saturated rings. The Kier molecular flexibility index (Phi) is 3.37. The molecule has 0 radical (unpaired) electrons. The van der Waals surface area contributed by atoms with E-state index < -0.39 is 0 Å². The van der Waals surface area contributed by atoms with Crippen LogP contribution in [0.25, 0.3) is 0 Å². The van der Waals surface area contributed by atoms with E-state index in [1.165, 1.54) is 23.4 Å². The summed E-state index contributed by atoms with van der Waals surface area (Å²) in [6.07, 6.45) is 3.42. The van der Waals surface area contributed by atoms with Gasteiger partial charge < -0.3 is 9.88 Å². The molecule has 1 aliphatic heterocycles. The maximum Gasteiger partial charge on any atom is 0.263 e. The number of rotatable bonds is 1. The first-order valence-electron chi connectivity index (χ1n) is 7.17. The van der Waals surface area contributed by atoms with Gasteiger partial charge in [-0.1, -0.05) is 17.7 Å². The molecule has 4 heteroatoms. The van der Waals surface area contributed by atoms with Gasteiger partial charge in [-0.25, -0.2) is 0 Å². The molecule has 1 aromatic carbocycles. The average Bonchev–Trinajstić information content (AvgIpc) is 2.45. The molecule has 3 rings (SSSR count). The summed E-state index contributed by atoms with van der Waals surface area (Å²) in [5, 5.41) is 0. The van der Waals surface area contributed by atoms with Crippen molar-refractivity contribution in [2.24, 2.45) is 0 Å². The smallest absolute Gasteiger partial charge is 0.263 e. The molecule has 0 saturated heterocycles. The number of H-pyrrole nitrogens is 1. The second kappa shape index (κ2) is 5.20. The molecule has 0 bridgehead atoms. The van der Waals surface area contributed by atoms with Gasteiger partial charge in [-0.3, -0.25) is 9.59 Å². The van der Waals surface area contributed by atoms with Gasteiger partial charge in [-0.15, -0.1) is 0 Å². The molecular weight excluding hydrogens is 264 g/mol. The third-order valence-electron chi connectivity index (χ3n) is 3.89. The number of nitrogens with one attached hydrogen (secondary N) is 1. The minimum absolute atomic E-state index is 0.203. The van der Waals surface area contributed by atoms with Crippen molar-refractivity contribution >= 4 is 11.6 Å². The fourth-order valence-corrected chi connectivity index (χ4v) is 2.82. The fourth-order valence-electron chi connectivity index (χ4n) is 2.82. The maximum absolute atomic E-state index is 12.7. The predicted octanol–water partition coefficient (Wildman–Crippen LogP) is 2.58. The Morgan fingerprint density at radius 1 is 1.24 bits per heavy atom. The zero-order valence-corrected chi connectivity index (χ0v) is 12.3. The zero-order chi connectivity index (χ0) is 15.0. The monoisotopic (exact) mass is 282 g/mol. The summed E-state index contributed by atoms with van der Waals surface area (Å²) in [5.74, 6) is -0.221. The van der Waals surface area contributed by atoms with E-state index in [4.69, 9.17) is 0 Å². The highest BCUT2D eigenvalue weighted by Gasteiger charge is 2.25. The Morgan fingerprint density at radius 2 is 2.05 bits per heavy atom. The molecule has 108 valence electrons. The van der Waals surface area contributed by atoms with Gasteiger partial charge in [0.1, 0.15) is 5.56 Å². The molecule has 0 unspecified atom stereocenters. The standard InChI is InChI=1S/C17H18N2O2/c1-11-5-6-15-13(8-11)4-3-7-19(15)17(21)14-10-18-12(2)9-16(14)20/h5-6,8-10H,3-4,7H2,1-2H3,(H,18,20). The summed E-state index contributed by atoms with van der Waals surface area (Å²) in [5.41, 5.74) is 4.03. The summed E-state index contributed by atoms with van der Waals surface area (Å²) in [7, 11) is 0. The van der Waals surface area contributed by atoms with Crippen LogP contribution in [0.15, 0.2) is 35.3 Å². The van der Waals surface area contributed by atoms with Crippen molar-refractivity contribution in [2.45, 2.75) is 26.7 Å². The lowest BCUT2D eigenvalue weighted by molar-refractivity contribution is 0.0983. The van der Waals surface area contributed by atoms with Crippen LogP contribution in [-0.4, -0.2) is 17.4 Å². The molecule has 1 N–H and O–H groups in total. The minimum atomic E-state index is -0.226. The molecule has 2 heterocycles. The first-order valence-corrected chi connectivity index (χ1v) is 7.17. The number of aromatic amines is 1. The van der Waals surface area contributed by atoms with Crippen LogP contribution < -0.4 is 10.3 Å². The highest BCUT2D eigenvalue weighted by molar-refractivity contribution is 6.06. The van der Waals surface area contributed by atoms with Crippen molar-refractivity contribution in [3.8, 4) is 0 Å². The lowest BCUT2D eigenvalue weighted by Gasteiger charge is -2.29. The highest BCUT2D eigenvalue weighted by atomic mass is 16.2. The van der Waals surface area contributed by atoms with Gasteiger partial charge in [-0.2, -0.15) is 0 Å². The fraction of sp³-hybridized carbons (Fsp3) is 0.294. The van der Waals surface area contributed by atoms with Crippen LogP contribution in [0, 0.1) is 13.8 Å². The summed E-state index contributed by atoms with van der Waals surface area (Å²) in [4.78, 5) is 29.4. The van der Waals surface area contributed by atoms with Crippen molar-refractivity contribution < 1.29 is 4.79 Å². The van der Waals surface area contributed by atoms with Gasteiger partial charge in [0.2, 0.25) is 0 Å². The van der Waals surface area contributed by atoms with Crippen molar-refractivity contribution in [2.75, 3.05) is 11.4 Å². The number of amides is 1. The summed E-state index contributed by atoms with van der Waals surface area (Å²) in [6, 6.07) is 7.56. The van der Waals surface area contributed by atoms with Crippen LogP contribution in [-0.2, 0) is 6.42 Å². The third-order valence-corrected chi connectivity index (χ3v) is 3.89. The molecule has 4 nitrogen and oxygen atoms in total. The normalized spacial score (nSPS) is 13.9. The van der Waals surface area contributed by atoms with Crippen LogP contribution in [0.3, 0.4) is 0 Å². The summed E-state index contributed by atoms with van der Waals surface area (Å²) >= 11 is 0. The number of nitrogens with zero attached hydrogens (tertiary/aromatic N) is 1. The van der Waals surface area contributed by atoms with Crippen molar-refractivity contribution in [3.05, 3.63) is 63.1 Å². The minimum Gasteiger partial charge on any atom is -0.364 e. The topological polar surface area (TPSA) is 53.2 Å². The Hall–Kier alpha value is -2.36. The number of anilines is 1. The maximum atomic E-state index is 12.7. The molecule has 0 atom stereocenters. The first-order chi connectivity index (χ1) is 10.1. The Bertz CT molecular complexity index is 762. The number of fused-ring (bicyclic) bond motifs is 1. The number of aryl methyl sites for hydroxylation is 3. The van der Waals surface area contributed by atoms with Crippen LogP contribution in [0.5, 0.6) is 0 Å². The number of carbonyl (C=O) groups is 1. The summed E-state index contributed by atoms with van der Waals surface area (Å²) < 4.78 is 0. The Labute approximate surface area is 123 Å². The van der Waals surface area contributed by atoms with E-state index in [0.29, 0.717) is 6.54 Å².